The fraction of sp³-hybridized carbons (Fsp3) is 0.286. The maximum Gasteiger partial charge on any atom is 0.120 e. The summed E-state index contributed by atoms with van der Waals surface area (Å²) in [6.45, 7) is 2.74. The van der Waals surface area contributed by atoms with E-state index in [2.05, 4.69) is 5.32 Å². The summed E-state index contributed by atoms with van der Waals surface area (Å²) in [7, 11) is 0. The summed E-state index contributed by atoms with van der Waals surface area (Å²) < 4.78 is 0.800. The van der Waals surface area contributed by atoms with Gasteiger partial charge in [-0.25, -0.2) is 0 Å². The minimum atomic E-state index is -0.0254. The quantitative estimate of drug-likeness (QED) is 0.738. The molecule has 3 nitrogen and oxygen atoms in total. The van der Waals surface area contributed by atoms with Crippen molar-refractivity contribution in [3.8, 4) is 11.5 Å². The molecule has 19 heavy (non-hydrogen) atoms. The summed E-state index contributed by atoms with van der Waals surface area (Å²) in [5.74, 6) is 0.350. The van der Waals surface area contributed by atoms with Gasteiger partial charge in [-0.05, 0) is 43.7 Å². The van der Waals surface area contributed by atoms with Gasteiger partial charge in [0.25, 0.3) is 0 Å². The molecule has 0 fully saturated rings. The molecular formula is C14H16ClNO2S. The predicted octanol–water partition coefficient (Wildman–Crippen LogP) is 3.71. The van der Waals surface area contributed by atoms with Gasteiger partial charge in [-0.3, -0.25) is 0 Å². The molecule has 1 aromatic heterocycles. The van der Waals surface area contributed by atoms with Crippen molar-refractivity contribution in [1.29, 1.82) is 0 Å². The van der Waals surface area contributed by atoms with Crippen LogP contribution in [-0.4, -0.2) is 16.8 Å². The second-order valence-electron chi connectivity index (χ2n) is 4.37. The van der Waals surface area contributed by atoms with Crippen molar-refractivity contribution in [2.45, 2.75) is 19.4 Å². The number of hydrogen-bond donors (Lipinski definition) is 3. The Morgan fingerprint density at radius 3 is 2.74 bits per heavy atom. The molecule has 2 aromatic rings. The van der Waals surface area contributed by atoms with Crippen LogP contribution >= 0.6 is 22.9 Å². The standard InChI is InChI=1S/C14H16ClNO2S/c1-9(12-8-10(17)2-4-13(12)18)16-7-6-11-3-5-14(15)19-11/h2-5,8-9,16-18H,6-7H2,1H3. The number of benzene rings is 1. The Labute approximate surface area is 121 Å². The normalized spacial score (nSPS) is 12.5. The lowest BCUT2D eigenvalue weighted by atomic mass is 10.1. The van der Waals surface area contributed by atoms with Crippen molar-refractivity contribution in [1.82, 2.24) is 5.32 Å². The third kappa shape index (κ3) is 3.86. The second-order valence-corrected chi connectivity index (χ2v) is 6.17. The molecule has 0 saturated carbocycles. The molecule has 0 spiro atoms. The van der Waals surface area contributed by atoms with E-state index in [1.54, 1.807) is 17.4 Å². The minimum absolute atomic E-state index is 0.0254. The van der Waals surface area contributed by atoms with Gasteiger partial charge >= 0.3 is 0 Å². The van der Waals surface area contributed by atoms with Crippen molar-refractivity contribution in [2.24, 2.45) is 0 Å². The lowest BCUT2D eigenvalue weighted by Gasteiger charge is -2.15. The first-order chi connectivity index (χ1) is 9.06. The maximum atomic E-state index is 9.76. The lowest BCUT2D eigenvalue weighted by molar-refractivity contribution is 0.441. The number of aromatic hydroxyl groups is 2. The van der Waals surface area contributed by atoms with Gasteiger partial charge in [-0.1, -0.05) is 11.6 Å². The lowest BCUT2D eigenvalue weighted by Crippen LogP contribution is -2.21. The van der Waals surface area contributed by atoms with Crippen molar-refractivity contribution >= 4 is 22.9 Å². The molecule has 0 saturated heterocycles. The van der Waals surface area contributed by atoms with Crippen LogP contribution in [0.1, 0.15) is 23.4 Å². The van der Waals surface area contributed by atoms with Gasteiger partial charge in [0, 0.05) is 23.0 Å². The highest BCUT2D eigenvalue weighted by Gasteiger charge is 2.10. The average Bonchev–Trinajstić information content (AvgIpc) is 2.78. The Morgan fingerprint density at radius 1 is 1.26 bits per heavy atom. The molecule has 0 radical (unpaired) electrons. The summed E-state index contributed by atoms with van der Waals surface area (Å²) >= 11 is 7.45. The topological polar surface area (TPSA) is 52.5 Å². The van der Waals surface area contributed by atoms with E-state index in [1.165, 1.54) is 17.0 Å². The Morgan fingerprint density at radius 2 is 2.05 bits per heavy atom. The zero-order chi connectivity index (χ0) is 13.8. The summed E-state index contributed by atoms with van der Waals surface area (Å²) in [5, 5.41) is 22.5. The first-order valence-corrected chi connectivity index (χ1v) is 7.25. The Kier molecular flexibility index (Phi) is 4.69. The minimum Gasteiger partial charge on any atom is -0.508 e. The van der Waals surface area contributed by atoms with Crippen LogP contribution in [0.5, 0.6) is 11.5 Å². The molecule has 0 amide bonds. The number of thiophene rings is 1. The second kappa shape index (κ2) is 6.28. The third-order valence-electron chi connectivity index (χ3n) is 2.93. The SMILES string of the molecule is CC(NCCc1ccc(Cl)s1)c1cc(O)ccc1O. The number of nitrogens with one attached hydrogen (secondary N) is 1. The average molecular weight is 298 g/mol. The number of phenolic OH excluding ortho intramolecular Hbond substituents is 2. The van der Waals surface area contributed by atoms with Crippen LogP contribution in [0, 0.1) is 0 Å². The summed E-state index contributed by atoms with van der Waals surface area (Å²) in [5.41, 5.74) is 0.698. The van der Waals surface area contributed by atoms with Crippen molar-refractivity contribution < 1.29 is 10.2 Å². The van der Waals surface area contributed by atoms with Gasteiger partial charge in [0.05, 0.1) is 4.34 Å². The monoisotopic (exact) mass is 297 g/mol. The van der Waals surface area contributed by atoms with E-state index in [-0.39, 0.29) is 17.5 Å². The zero-order valence-electron chi connectivity index (χ0n) is 10.6. The molecule has 102 valence electrons. The van der Waals surface area contributed by atoms with E-state index < -0.39 is 0 Å². The van der Waals surface area contributed by atoms with Crippen LogP contribution in [0.4, 0.5) is 0 Å². The van der Waals surface area contributed by atoms with Crippen molar-refractivity contribution in [3.05, 3.63) is 45.1 Å². The van der Waals surface area contributed by atoms with Gasteiger partial charge in [0.15, 0.2) is 0 Å². The van der Waals surface area contributed by atoms with Gasteiger partial charge in [0.1, 0.15) is 11.5 Å². The fourth-order valence-corrected chi connectivity index (χ4v) is 2.98. The molecule has 1 unspecified atom stereocenters. The van der Waals surface area contributed by atoms with E-state index in [0.29, 0.717) is 5.56 Å². The van der Waals surface area contributed by atoms with Crippen molar-refractivity contribution in [2.75, 3.05) is 6.54 Å². The van der Waals surface area contributed by atoms with Crippen LogP contribution in [0.15, 0.2) is 30.3 Å². The molecular weight excluding hydrogens is 282 g/mol. The first-order valence-electron chi connectivity index (χ1n) is 6.05. The Hall–Kier alpha value is -1.23. The summed E-state index contributed by atoms with van der Waals surface area (Å²) in [6.07, 6.45) is 0.890. The first kappa shape index (κ1) is 14.2. The van der Waals surface area contributed by atoms with Crippen LogP contribution in [0.3, 0.4) is 0 Å². The number of phenols is 2. The molecule has 5 heteroatoms. The molecule has 2 rings (SSSR count). The smallest absolute Gasteiger partial charge is 0.120 e. The van der Waals surface area contributed by atoms with E-state index in [4.69, 9.17) is 11.6 Å². The van der Waals surface area contributed by atoms with E-state index in [0.717, 1.165) is 17.3 Å². The highest BCUT2D eigenvalue weighted by molar-refractivity contribution is 7.16. The number of halogens is 1. The summed E-state index contributed by atoms with van der Waals surface area (Å²) in [6, 6.07) is 8.44. The van der Waals surface area contributed by atoms with Crippen LogP contribution in [0.25, 0.3) is 0 Å². The molecule has 0 bridgehead atoms. The van der Waals surface area contributed by atoms with Gasteiger partial charge in [-0.15, -0.1) is 11.3 Å². The molecule has 0 aliphatic heterocycles. The maximum absolute atomic E-state index is 9.76. The molecule has 0 aliphatic carbocycles. The largest absolute Gasteiger partial charge is 0.508 e. The highest BCUT2D eigenvalue weighted by atomic mass is 35.5. The van der Waals surface area contributed by atoms with Gasteiger partial charge in [-0.2, -0.15) is 0 Å². The number of rotatable bonds is 5. The highest BCUT2D eigenvalue weighted by Crippen LogP contribution is 2.28. The van der Waals surface area contributed by atoms with Gasteiger partial charge < -0.3 is 15.5 Å². The summed E-state index contributed by atoms with van der Waals surface area (Å²) in [4.78, 5) is 1.23. The van der Waals surface area contributed by atoms with Gasteiger partial charge in [0.2, 0.25) is 0 Å². The van der Waals surface area contributed by atoms with Crippen LogP contribution in [0.2, 0.25) is 4.34 Å². The van der Waals surface area contributed by atoms with Crippen molar-refractivity contribution in [3.63, 3.8) is 0 Å². The molecule has 1 atom stereocenters. The molecule has 3 N–H and O–H groups in total. The zero-order valence-corrected chi connectivity index (χ0v) is 12.1. The predicted molar refractivity (Wildman–Crippen MR) is 79.2 cm³/mol. The third-order valence-corrected chi connectivity index (χ3v) is 4.22. The van der Waals surface area contributed by atoms with E-state index in [9.17, 15) is 10.2 Å². The fourth-order valence-electron chi connectivity index (χ4n) is 1.90. The van der Waals surface area contributed by atoms with E-state index >= 15 is 0 Å². The Bertz CT molecular complexity index is 556. The van der Waals surface area contributed by atoms with Crippen LogP contribution < -0.4 is 5.32 Å². The number of hydrogen-bond acceptors (Lipinski definition) is 4. The molecule has 0 aliphatic rings. The molecule has 1 heterocycles. The van der Waals surface area contributed by atoms with Crippen LogP contribution in [-0.2, 0) is 6.42 Å². The Balaban J connectivity index is 1.90. The molecule has 1 aromatic carbocycles. The van der Waals surface area contributed by atoms with E-state index in [1.807, 2.05) is 19.1 Å².